The molecule has 23 heavy (non-hydrogen) atoms. The van der Waals surface area contributed by atoms with Crippen molar-refractivity contribution in [3.8, 4) is 0 Å². The molecule has 0 saturated heterocycles. The van der Waals surface area contributed by atoms with Crippen molar-refractivity contribution in [3.63, 3.8) is 0 Å². The number of ketones is 1. The number of amides is 1. The zero-order chi connectivity index (χ0) is 16.6. The molecule has 0 aliphatic carbocycles. The first-order valence-electron chi connectivity index (χ1n) is 6.99. The van der Waals surface area contributed by atoms with E-state index in [-0.39, 0.29) is 18.7 Å². The third-order valence-electron chi connectivity index (χ3n) is 3.82. The number of carbonyl (C=O) groups is 2. The molecule has 3 rings (SSSR count). The first kappa shape index (κ1) is 15.7. The summed E-state index contributed by atoms with van der Waals surface area (Å²) in [7, 11) is 0. The number of benzene rings is 1. The second-order valence-electron chi connectivity index (χ2n) is 5.30. The van der Waals surface area contributed by atoms with Crippen LogP contribution in [-0.2, 0) is 10.4 Å². The van der Waals surface area contributed by atoms with Crippen molar-refractivity contribution in [3.05, 3.63) is 65.0 Å². The Hall–Kier alpha value is -2.18. The predicted octanol–water partition coefficient (Wildman–Crippen LogP) is 3.04. The largest absolute Gasteiger partial charge is 0.461 e. The van der Waals surface area contributed by atoms with Gasteiger partial charge < -0.3 is 14.4 Å². The van der Waals surface area contributed by atoms with Gasteiger partial charge in [-0.05, 0) is 30.3 Å². The molecule has 0 bridgehead atoms. The highest BCUT2D eigenvalue weighted by atomic mass is 79.9. The topological polar surface area (TPSA) is 70.8 Å². The molecule has 2 heterocycles. The van der Waals surface area contributed by atoms with Crippen molar-refractivity contribution in [1.82, 2.24) is 0 Å². The van der Waals surface area contributed by atoms with Gasteiger partial charge in [-0.2, -0.15) is 0 Å². The Balaban J connectivity index is 2.04. The summed E-state index contributed by atoms with van der Waals surface area (Å²) < 4.78 is 5.78. The molecule has 1 aliphatic heterocycles. The summed E-state index contributed by atoms with van der Waals surface area (Å²) in [5.74, 6) is -0.854. The summed E-state index contributed by atoms with van der Waals surface area (Å²) in [6.07, 6.45) is 2.57. The van der Waals surface area contributed by atoms with Gasteiger partial charge in [0.15, 0.2) is 11.4 Å². The Labute approximate surface area is 141 Å². The molecule has 0 radical (unpaired) electrons. The summed E-state index contributed by atoms with van der Waals surface area (Å²) in [5.41, 5.74) is -0.932. The van der Waals surface area contributed by atoms with Crippen molar-refractivity contribution in [2.24, 2.45) is 0 Å². The molecule has 2 aromatic rings. The second kappa shape index (κ2) is 5.79. The first-order valence-corrected chi connectivity index (χ1v) is 7.78. The molecule has 1 aliphatic rings. The fraction of sp³-hybridized carbons (Fsp3) is 0.176. The van der Waals surface area contributed by atoms with Gasteiger partial charge in [0.2, 0.25) is 5.78 Å². The predicted molar refractivity (Wildman–Crippen MR) is 88.2 cm³/mol. The molecule has 1 N–H and O–H groups in total. The molecule has 0 unspecified atom stereocenters. The van der Waals surface area contributed by atoms with Crippen LogP contribution in [0.3, 0.4) is 0 Å². The quantitative estimate of drug-likeness (QED) is 0.643. The summed E-state index contributed by atoms with van der Waals surface area (Å²) in [4.78, 5) is 26.5. The van der Waals surface area contributed by atoms with Gasteiger partial charge in [-0.15, -0.1) is 6.58 Å². The first-order chi connectivity index (χ1) is 11.0. The van der Waals surface area contributed by atoms with Gasteiger partial charge in [0.25, 0.3) is 5.91 Å². The van der Waals surface area contributed by atoms with Crippen molar-refractivity contribution in [2.75, 3.05) is 11.4 Å². The normalized spacial score (nSPS) is 19.7. The number of rotatable bonds is 5. The number of hydrogen-bond acceptors (Lipinski definition) is 4. The number of halogens is 1. The molecule has 1 aromatic heterocycles. The van der Waals surface area contributed by atoms with E-state index < -0.39 is 17.3 Å². The minimum atomic E-state index is -1.91. The van der Waals surface area contributed by atoms with Crippen LogP contribution in [0.25, 0.3) is 0 Å². The van der Waals surface area contributed by atoms with E-state index in [4.69, 9.17) is 4.42 Å². The Kier molecular flexibility index (Phi) is 3.95. The van der Waals surface area contributed by atoms with E-state index in [2.05, 4.69) is 22.5 Å². The van der Waals surface area contributed by atoms with E-state index in [1.54, 1.807) is 30.3 Å². The third-order valence-corrected chi connectivity index (χ3v) is 4.31. The lowest BCUT2D eigenvalue weighted by Crippen LogP contribution is -2.41. The number of furan rings is 1. The van der Waals surface area contributed by atoms with Gasteiger partial charge in [0.1, 0.15) is 0 Å². The summed E-state index contributed by atoms with van der Waals surface area (Å²) in [6, 6.07) is 8.26. The van der Waals surface area contributed by atoms with Gasteiger partial charge in [-0.25, -0.2) is 0 Å². The zero-order valence-electron chi connectivity index (χ0n) is 12.2. The number of hydrogen-bond donors (Lipinski definition) is 1. The Bertz CT molecular complexity index is 784. The molecule has 1 aromatic carbocycles. The van der Waals surface area contributed by atoms with Gasteiger partial charge in [-0.1, -0.05) is 22.0 Å². The van der Waals surface area contributed by atoms with E-state index >= 15 is 0 Å². The number of fused-ring (bicyclic) bond motifs is 1. The highest BCUT2D eigenvalue weighted by Gasteiger charge is 2.51. The third kappa shape index (κ3) is 2.54. The van der Waals surface area contributed by atoms with Gasteiger partial charge in [0, 0.05) is 16.6 Å². The zero-order valence-corrected chi connectivity index (χ0v) is 13.7. The van der Waals surface area contributed by atoms with Gasteiger partial charge >= 0.3 is 0 Å². The summed E-state index contributed by atoms with van der Waals surface area (Å²) in [6.45, 7) is 3.89. The minimum Gasteiger partial charge on any atom is -0.461 e. The van der Waals surface area contributed by atoms with E-state index in [0.29, 0.717) is 15.7 Å². The van der Waals surface area contributed by atoms with E-state index in [9.17, 15) is 14.7 Å². The van der Waals surface area contributed by atoms with Crippen LogP contribution in [0.4, 0.5) is 5.69 Å². The molecule has 1 amide bonds. The maximum absolute atomic E-state index is 12.7. The highest BCUT2D eigenvalue weighted by Crippen LogP contribution is 2.44. The van der Waals surface area contributed by atoms with Crippen LogP contribution in [0.15, 0.2) is 58.1 Å². The average molecular weight is 376 g/mol. The maximum atomic E-state index is 12.7. The monoisotopic (exact) mass is 375 g/mol. The second-order valence-corrected chi connectivity index (χ2v) is 6.22. The van der Waals surface area contributed by atoms with Crippen LogP contribution >= 0.6 is 15.9 Å². The van der Waals surface area contributed by atoms with E-state index in [1.165, 1.54) is 17.2 Å². The number of anilines is 1. The summed E-state index contributed by atoms with van der Waals surface area (Å²) >= 11 is 3.34. The van der Waals surface area contributed by atoms with E-state index in [0.717, 1.165) is 0 Å². The lowest BCUT2D eigenvalue weighted by molar-refractivity contribution is -0.135. The average Bonchev–Trinajstić information content (AvgIpc) is 3.11. The number of aliphatic hydroxyl groups is 1. The van der Waals surface area contributed by atoms with E-state index in [1.807, 2.05) is 0 Å². The number of Topliss-reactive ketones (excluding diaryl/α,β-unsaturated/α-hetero) is 1. The lowest BCUT2D eigenvalue weighted by atomic mass is 9.89. The van der Waals surface area contributed by atoms with Crippen molar-refractivity contribution in [2.45, 2.75) is 12.0 Å². The fourth-order valence-electron chi connectivity index (χ4n) is 2.76. The van der Waals surface area contributed by atoms with Crippen molar-refractivity contribution < 1.29 is 19.1 Å². The highest BCUT2D eigenvalue weighted by molar-refractivity contribution is 9.10. The van der Waals surface area contributed by atoms with Crippen LogP contribution in [0.5, 0.6) is 0 Å². The van der Waals surface area contributed by atoms with Crippen molar-refractivity contribution >= 4 is 33.3 Å². The molecule has 0 saturated carbocycles. The maximum Gasteiger partial charge on any atom is 0.264 e. The van der Waals surface area contributed by atoms with Crippen LogP contribution in [0.2, 0.25) is 0 Å². The van der Waals surface area contributed by atoms with Gasteiger partial charge in [-0.3, -0.25) is 9.59 Å². The molecule has 0 spiro atoms. The Morgan fingerprint density at radius 3 is 2.87 bits per heavy atom. The molecular weight excluding hydrogens is 362 g/mol. The smallest absolute Gasteiger partial charge is 0.264 e. The molecule has 0 fully saturated rings. The SMILES string of the molecule is C=CCN1C(=O)[C@@](O)(CC(=O)c2ccco2)c2cc(Br)ccc21. The molecule has 5 nitrogen and oxygen atoms in total. The standard InChI is InChI=1S/C17H14BrNO4/c1-2-7-19-13-6-5-11(18)9-12(13)17(22,16(19)21)10-14(20)15-4-3-8-23-15/h2-6,8-9,22H,1,7,10H2/t17-/m1/s1. The summed E-state index contributed by atoms with van der Waals surface area (Å²) in [5, 5.41) is 11.0. The molecule has 1 atom stereocenters. The molecule has 6 heteroatoms. The molecular formula is C17H14BrNO4. The van der Waals surface area contributed by atoms with Crippen LogP contribution in [0.1, 0.15) is 22.5 Å². The van der Waals surface area contributed by atoms with Crippen LogP contribution in [0, 0.1) is 0 Å². The van der Waals surface area contributed by atoms with Crippen LogP contribution < -0.4 is 4.90 Å². The lowest BCUT2D eigenvalue weighted by Gasteiger charge is -2.21. The fourth-order valence-corrected chi connectivity index (χ4v) is 3.12. The Morgan fingerprint density at radius 1 is 1.43 bits per heavy atom. The Morgan fingerprint density at radius 2 is 2.22 bits per heavy atom. The van der Waals surface area contributed by atoms with Crippen LogP contribution in [-0.4, -0.2) is 23.3 Å². The molecule has 118 valence electrons. The van der Waals surface area contributed by atoms with Gasteiger partial charge in [0.05, 0.1) is 18.4 Å². The number of nitrogens with zero attached hydrogens (tertiary/aromatic N) is 1. The minimum absolute atomic E-state index is 0.116. The van der Waals surface area contributed by atoms with Crippen molar-refractivity contribution in [1.29, 1.82) is 0 Å². The number of carbonyl (C=O) groups excluding carboxylic acids is 2.